The minimum absolute atomic E-state index is 0.000477. The van der Waals surface area contributed by atoms with E-state index >= 15 is 0 Å². The molecule has 0 saturated carbocycles. The van der Waals surface area contributed by atoms with Crippen LogP contribution in [0.5, 0.6) is 0 Å². The molecule has 1 heterocycles. The number of carboxylic acid groups (broad SMARTS) is 1. The van der Waals surface area contributed by atoms with E-state index in [4.69, 9.17) is 5.11 Å². The van der Waals surface area contributed by atoms with Crippen LogP contribution in [-0.2, 0) is 4.79 Å². The van der Waals surface area contributed by atoms with Crippen molar-refractivity contribution in [2.24, 2.45) is 0 Å². The van der Waals surface area contributed by atoms with Crippen LogP contribution >= 0.6 is 23.1 Å². The summed E-state index contributed by atoms with van der Waals surface area (Å²) in [6.07, 6.45) is 8.12. The van der Waals surface area contributed by atoms with Gasteiger partial charge in [-0.2, -0.15) is 0 Å². The number of thioether (sulfide) groups is 1. The highest BCUT2D eigenvalue weighted by Crippen LogP contribution is 2.24. The Hall–Kier alpha value is -1.27. The molecule has 1 aromatic rings. The van der Waals surface area contributed by atoms with Gasteiger partial charge in [-0.1, -0.05) is 11.6 Å². The van der Waals surface area contributed by atoms with Crippen LogP contribution in [0.25, 0.3) is 0 Å². The lowest BCUT2D eigenvalue weighted by molar-refractivity contribution is -0.118. The molecule has 0 aromatic carbocycles. The molecule has 0 fully saturated rings. The predicted octanol–water partition coefficient (Wildman–Crippen LogP) is 3.55. The number of allylic oxidation sites excluding steroid dienone is 1. The summed E-state index contributed by atoms with van der Waals surface area (Å²) < 4.78 is 0. The normalized spacial score (nSPS) is 14.6. The van der Waals surface area contributed by atoms with Gasteiger partial charge in [-0.25, -0.2) is 4.79 Å². The van der Waals surface area contributed by atoms with Crippen molar-refractivity contribution >= 4 is 35.0 Å². The van der Waals surface area contributed by atoms with Gasteiger partial charge < -0.3 is 10.4 Å². The zero-order valence-electron chi connectivity index (χ0n) is 11.8. The van der Waals surface area contributed by atoms with Crippen LogP contribution in [0.15, 0.2) is 28.0 Å². The van der Waals surface area contributed by atoms with Crippen molar-refractivity contribution < 1.29 is 14.7 Å². The summed E-state index contributed by atoms with van der Waals surface area (Å²) in [6, 6.07) is 1.61. The number of thiophene rings is 1. The summed E-state index contributed by atoms with van der Waals surface area (Å²) in [6.45, 7) is 0.690. The van der Waals surface area contributed by atoms with Gasteiger partial charge in [0, 0.05) is 16.8 Å². The Kier molecular flexibility index (Phi) is 6.32. The standard InChI is InChI=1S/C15H19NO3S2/c17-14(16-7-6-11-4-2-1-3-5-11)10-20-12-8-13(15(18)19)21-9-12/h4,8-9H,1-3,5-7,10H2,(H,16,17)(H,18,19). The first-order valence-electron chi connectivity index (χ1n) is 7.04. The van der Waals surface area contributed by atoms with Gasteiger partial charge in [0.15, 0.2) is 0 Å². The fourth-order valence-corrected chi connectivity index (χ4v) is 3.90. The van der Waals surface area contributed by atoms with E-state index in [2.05, 4.69) is 11.4 Å². The third kappa shape index (κ3) is 5.55. The van der Waals surface area contributed by atoms with Crippen LogP contribution < -0.4 is 5.32 Å². The molecule has 2 N–H and O–H groups in total. The Morgan fingerprint density at radius 3 is 2.90 bits per heavy atom. The summed E-state index contributed by atoms with van der Waals surface area (Å²) in [7, 11) is 0. The molecule has 0 atom stereocenters. The molecule has 21 heavy (non-hydrogen) atoms. The monoisotopic (exact) mass is 325 g/mol. The van der Waals surface area contributed by atoms with Gasteiger partial charge >= 0.3 is 5.97 Å². The van der Waals surface area contributed by atoms with Gasteiger partial charge in [0.1, 0.15) is 4.88 Å². The van der Waals surface area contributed by atoms with Crippen molar-refractivity contribution in [2.75, 3.05) is 12.3 Å². The third-order valence-electron chi connectivity index (χ3n) is 3.31. The van der Waals surface area contributed by atoms with Crippen LogP contribution in [-0.4, -0.2) is 29.3 Å². The quantitative estimate of drug-likeness (QED) is 0.594. The van der Waals surface area contributed by atoms with E-state index in [9.17, 15) is 9.59 Å². The lowest BCUT2D eigenvalue weighted by atomic mass is 9.97. The van der Waals surface area contributed by atoms with E-state index in [0.717, 1.165) is 17.7 Å². The number of aromatic carboxylic acids is 1. The molecular formula is C15H19NO3S2. The van der Waals surface area contributed by atoms with Crippen molar-refractivity contribution in [3.63, 3.8) is 0 Å². The number of nitrogens with one attached hydrogen (secondary N) is 1. The van der Waals surface area contributed by atoms with Gasteiger partial charge in [0.25, 0.3) is 0 Å². The molecule has 1 aliphatic carbocycles. The Balaban J connectivity index is 1.64. The van der Waals surface area contributed by atoms with Crippen LogP contribution in [0, 0.1) is 0 Å². The zero-order valence-corrected chi connectivity index (χ0v) is 13.4. The second kappa shape index (κ2) is 8.24. The SMILES string of the molecule is O=C(CSc1csc(C(=O)O)c1)NCCC1=CCCCC1. The second-order valence-electron chi connectivity index (χ2n) is 4.95. The number of amides is 1. The smallest absolute Gasteiger partial charge is 0.345 e. The van der Waals surface area contributed by atoms with E-state index in [1.165, 1.54) is 47.9 Å². The van der Waals surface area contributed by atoms with E-state index < -0.39 is 5.97 Å². The number of carbonyl (C=O) groups excluding carboxylic acids is 1. The van der Waals surface area contributed by atoms with E-state index in [1.54, 1.807) is 11.4 Å². The van der Waals surface area contributed by atoms with Crippen LogP contribution in [0.2, 0.25) is 0 Å². The second-order valence-corrected chi connectivity index (χ2v) is 6.91. The molecule has 1 aliphatic rings. The Labute approximate surface area is 132 Å². The summed E-state index contributed by atoms with van der Waals surface area (Å²) in [4.78, 5) is 23.6. The Morgan fingerprint density at radius 1 is 1.38 bits per heavy atom. The molecule has 2 rings (SSSR count). The maximum absolute atomic E-state index is 11.7. The average Bonchev–Trinajstić information content (AvgIpc) is 2.95. The lowest BCUT2D eigenvalue weighted by Gasteiger charge is -2.12. The minimum Gasteiger partial charge on any atom is -0.477 e. The predicted molar refractivity (Wildman–Crippen MR) is 86.2 cm³/mol. The van der Waals surface area contributed by atoms with E-state index in [1.807, 2.05) is 0 Å². The Bertz CT molecular complexity index is 537. The summed E-state index contributed by atoms with van der Waals surface area (Å²) in [5.41, 5.74) is 1.46. The van der Waals surface area contributed by atoms with Crippen molar-refractivity contribution in [1.29, 1.82) is 0 Å². The third-order valence-corrected chi connectivity index (χ3v) is 5.35. The molecule has 1 amide bonds. The number of hydrogen-bond acceptors (Lipinski definition) is 4. The van der Waals surface area contributed by atoms with Crippen molar-refractivity contribution in [3.8, 4) is 0 Å². The lowest BCUT2D eigenvalue weighted by Crippen LogP contribution is -2.26. The van der Waals surface area contributed by atoms with Crippen molar-refractivity contribution in [2.45, 2.75) is 37.0 Å². The summed E-state index contributed by atoms with van der Waals surface area (Å²) >= 11 is 2.56. The van der Waals surface area contributed by atoms with Gasteiger partial charge in [-0.3, -0.25) is 4.79 Å². The molecule has 4 nitrogen and oxygen atoms in total. The molecule has 0 radical (unpaired) electrons. The van der Waals surface area contributed by atoms with Gasteiger partial charge in [-0.05, 0) is 38.2 Å². The molecule has 0 aliphatic heterocycles. The van der Waals surface area contributed by atoms with E-state index in [0.29, 0.717) is 17.2 Å². The number of rotatable bonds is 7. The summed E-state index contributed by atoms with van der Waals surface area (Å²) in [5, 5.41) is 13.5. The maximum Gasteiger partial charge on any atom is 0.345 e. The topological polar surface area (TPSA) is 66.4 Å². The van der Waals surface area contributed by atoms with Crippen molar-refractivity contribution in [1.82, 2.24) is 5.32 Å². The molecule has 114 valence electrons. The fraction of sp³-hybridized carbons (Fsp3) is 0.467. The molecule has 6 heteroatoms. The largest absolute Gasteiger partial charge is 0.477 e. The Morgan fingerprint density at radius 2 is 2.24 bits per heavy atom. The van der Waals surface area contributed by atoms with Crippen LogP contribution in [0.1, 0.15) is 41.8 Å². The molecule has 0 unspecified atom stereocenters. The molecule has 1 aromatic heterocycles. The first-order valence-corrected chi connectivity index (χ1v) is 8.91. The first kappa shape index (κ1) is 16.1. The molecule has 0 bridgehead atoms. The minimum atomic E-state index is -0.919. The zero-order chi connectivity index (χ0) is 15.1. The maximum atomic E-state index is 11.7. The molecule has 0 saturated heterocycles. The number of carbonyl (C=O) groups is 2. The van der Waals surface area contributed by atoms with Gasteiger partial charge in [0.2, 0.25) is 5.91 Å². The van der Waals surface area contributed by atoms with Crippen molar-refractivity contribution in [3.05, 3.63) is 28.0 Å². The van der Waals surface area contributed by atoms with E-state index in [-0.39, 0.29) is 5.91 Å². The van der Waals surface area contributed by atoms with Crippen LogP contribution in [0.3, 0.4) is 0 Å². The highest BCUT2D eigenvalue weighted by atomic mass is 32.2. The first-order chi connectivity index (χ1) is 10.1. The number of carboxylic acids is 1. The fourth-order valence-electron chi connectivity index (χ4n) is 2.20. The van der Waals surface area contributed by atoms with Gasteiger partial charge in [0.05, 0.1) is 5.75 Å². The highest BCUT2D eigenvalue weighted by Gasteiger charge is 2.09. The average molecular weight is 325 g/mol. The number of hydrogen-bond donors (Lipinski definition) is 2. The summed E-state index contributed by atoms with van der Waals surface area (Å²) in [5.74, 6) is -0.592. The molecule has 0 spiro atoms. The molecular weight excluding hydrogens is 306 g/mol. The highest BCUT2D eigenvalue weighted by molar-refractivity contribution is 8.00. The van der Waals surface area contributed by atoms with Gasteiger partial charge in [-0.15, -0.1) is 23.1 Å². The van der Waals surface area contributed by atoms with Crippen LogP contribution in [0.4, 0.5) is 0 Å².